The fraction of sp³-hybridized carbons (Fsp3) is 0.273. The second kappa shape index (κ2) is 3.75. The third kappa shape index (κ3) is 1.47. The van der Waals surface area contributed by atoms with E-state index in [0.29, 0.717) is 6.54 Å². The molecule has 1 heterocycles. The summed E-state index contributed by atoms with van der Waals surface area (Å²) in [6.07, 6.45) is 0. The molecular formula is C11H13BrN2. The van der Waals surface area contributed by atoms with Crippen molar-refractivity contribution in [1.82, 2.24) is 4.57 Å². The Morgan fingerprint density at radius 1 is 1.43 bits per heavy atom. The van der Waals surface area contributed by atoms with Crippen molar-refractivity contribution in [3.05, 3.63) is 34.4 Å². The summed E-state index contributed by atoms with van der Waals surface area (Å²) in [5.74, 6) is 0. The molecule has 3 heteroatoms. The quantitative estimate of drug-likeness (QED) is 0.876. The topological polar surface area (TPSA) is 30.9 Å². The van der Waals surface area contributed by atoms with Gasteiger partial charge in [-0.25, -0.2) is 0 Å². The van der Waals surface area contributed by atoms with Crippen LogP contribution in [0.1, 0.15) is 5.56 Å². The third-order valence-electron chi connectivity index (χ3n) is 2.47. The van der Waals surface area contributed by atoms with Crippen LogP contribution in [0.5, 0.6) is 0 Å². The fourth-order valence-corrected chi connectivity index (χ4v) is 2.35. The predicted molar refractivity (Wildman–Crippen MR) is 63.4 cm³/mol. The van der Waals surface area contributed by atoms with E-state index in [-0.39, 0.29) is 0 Å². The minimum atomic E-state index is 0.663. The summed E-state index contributed by atoms with van der Waals surface area (Å²) in [5.41, 5.74) is 8.13. The van der Waals surface area contributed by atoms with Crippen molar-refractivity contribution in [2.24, 2.45) is 5.73 Å². The van der Waals surface area contributed by atoms with E-state index < -0.39 is 0 Å². The van der Waals surface area contributed by atoms with Crippen molar-refractivity contribution in [3.8, 4) is 0 Å². The van der Waals surface area contributed by atoms with E-state index in [4.69, 9.17) is 5.73 Å². The minimum absolute atomic E-state index is 0.663. The van der Waals surface area contributed by atoms with Crippen LogP contribution in [0.4, 0.5) is 0 Å². The third-order valence-corrected chi connectivity index (χ3v) is 3.12. The van der Waals surface area contributed by atoms with Gasteiger partial charge in [0.2, 0.25) is 0 Å². The van der Waals surface area contributed by atoms with E-state index in [2.05, 4.69) is 51.7 Å². The van der Waals surface area contributed by atoms with Gasteiger partial charge in [-0.1, -0.05) is 12.1 Å². The highest BCUT2D eigenvalue weighted by atomic mass is 79.9. The lowest BCUT2D eigenvalue weighted by atomic mass is 10.1. The van der Waals surface area contributed by atoms with Crippen molar-refractivity contribution in [1.29, 1.82) is 0 Å². The largest absolute Gasteiger partial charge is 0.334 e. The molecule has 2 nitrogen and oxygen atoms in total. The molecular weight excluding hydrogens is 240 g/mol. The Bertz CT molecular complexity index is 460. The molecule has 0 saturated heterocycles. The van der Waals surface area contributed by atoms with Gasteiger partial charge in [0.1, 0.15) is 0 Å². The van der Waals surface area contributed by atoms with Gasteiger partial charge in [0.25, 0.3) is 0 Å². The minimum Gasteiger partial charge on any atom is -0.334 e. The zero-order valence-corrected chi connectivity index (χ0v) is 9.71. The summed E-state index contributed by atoms with van der Waals surface area (Å²) in [4.78, 5) is 0. The van der Waals surface area contributed by atoms with E-state index in [9.17, 15) is 0 Å². The first-order valence-electron chi connectivity index (χ1n) is 4.68. The van der Waals surface area contributed by atoms with Crippen LogP contribution in [0, 0.1) is 6.92 Å². The summed E-state index contributed by atoms with van der Waals surface area (Å²) >= 11 is 3.55. The summed E-state index contributed by atoms with van der Waals surface area (Å²) in [7, 11) is 0. The number of benzene rings is 1. The SMILES string of the molecule is Cc1cccc2c1cc(Br)n2CCN. The summed E-state index contributed by atoms with van der Waals surface area (Å²) in [6, 6.07) is 8.49. The fourth-order valence-electron chi connectivity index (χ4n) is 1.76. The number of nitrogens with zero attached hydrogens (tertiary/aromatic N) is 1. The Kier molecular flexibility index (Phi) is 2.61. The molecule has 0 radical (unpaired) electrons. The molecule has 1 aromatic carbocycles. The van der Waals surface area contributed by atoms with Crippen LogP contribution in [0.25, 0.3) is 10.9 Å². The van der Waals surface area contributed by atoms with Crippen LogP contribution < -0.4 is 5.73 Å². The molecule has 0 aliphatic rings. The molecule has 2 aromatic rings. The molecule has 0 fully saturated rings. The van der Waals surface area contributed by atoms with Crippen LogP contribution in [-0.4, -0.2) is 11.1 Å². The number of hydrogen-bond acceptors (Lipinski definition) is 1. The maximum Gasteiger partial charge on any atom is 0.0857 e. The summed E-state index contributed by atoms with van der Waals surface area (Å²) in [5, 5.41) is 1.30. The Morgan fingerprint density at radius 2 is 2.21 bits per heavy atom. The molecule has 0 amide bonds. The average molecular weight is 253 g/mol. The number of nitrogens with two attached hydrogens (primary N) is 1. The van der Waals surface area contributed by atoms with Gasteiger partial charge in [0.15, 0.2) is 0 Å². The van der Waals surface area contributed by atoms with Crippen LogP contribution in [0.2, 0.25) is 0 Å². The Hall–Kier alpha value is -0.800. The molecule has 74 valence electrons. The number of hydrogen-bond donors (Lipinski definition) is 1. The Balaban J connectivity index is 2.70. The lowest BCUT2D eigenvalue weighted by Gasteiger charge is -2.04. The van der Waals surface area contributed by atoms with Crippen molar-refractivity contribution < 1.29 is 0 Å². The number of rotatable bonds is 2. The highest BCUT2D eigenvalue weighted by molar-refractivity contribution is 9.10. The number of fused-ring (bicyclic) bond motifs is 1. The normalized spacial score (nSPS) is 11.1. The summed E-state index contributed by atoms with van der Waals surface area (Å²) < 4.78 is 3.30. The Labute approximate surface area is 91.8 Å². The molecule has 1 aromatic heterocycles. The van der Waals surface area contributed by atoms with Crippen LogP contribution in [-0.2, 0) is 6.54 Å². The maximum absolute atomic E-state index is 5.58. The van der Waals surface area contributed by atoms with E-state index in [1.54, 1.807) is 0 Å². The molecule has 0 aliphatic heterocycles. The lowest BCUT2D eigenvalue weighted by Crippen LogP contribution is -2.09. The summed E-state index contributed by atoms with van der Waals surface area (Å²) in [6.45, 7) is 3.64. The predicted octanol–water partition coefficient (Wildman–Crippen LogP) is 2.67. The monoisotopic (exact) mass is 252 g/mol. The average Bonchev–Trinajstić information content (AvgIpc) is 2.47. The maximum atomic E-state index is 5.58. The molecule has 0 aliphatic carbocycles. The van der Waals surface area contributed by atoms with Gasteiger partial charge < -0.3 is 10.3 Å². The van der Waals surface area contributed by atoms with Crippen LogP contribution in [0.15, 0.2) is 28.9 Å². The molecule has 2 rings (SSSR count). The molecule has 14 heavy (non-hydrogen) atoms. The highest BCUT2D eigenvalue weighted by Gasteiger charge is 2.06. The number of aromatic nitrogens is 1. The highest BCUT2D eigenvalue weighted by Crippen LogP contribution is 2.26. The van der Waals surface area contributed by atoms with E-state index in [0.717, 1.165) is 11.1 Å². The first-order valence-corrected chi connectivity index (χ1v) is 5.48. The second-order valence-electron chi connectivity index (χ2n) is 3.42. The zero-order chi connectivity index (χ0) is 10.1. The molecule has 0 saturated carbocycles. The molecule has 0 spiro atoms. The van der Waals surface area contributed by atoms with Gasteiger partial charge in [-0.3, -0.25) is 0 Å². The standard InChI is InChI=1S/C11H13BrN2/c1-8-3-2-4-10-9(8)7-11(12)14(10)6-5-13/h2-4,7H,5-6,13H2,1H3. The molecule has 0 unspecified atom stereocenters. The van der Waals surface area contributed by atoms with E-state index in [1.807, 2.05) is 0 Å². The van der Waals surface area contributed by atoms with E-state index >= 15 is 0 Å². The smallest absolute Gasteiger partial charge is 0.0857 e. The molecule has 0 bridgehead atoms. The first-order chi connectivity index (χ1) is 6.74. The van der Waals surface area contributed by atoms with Gasteiger partial charge in [-0.2, -0.15) is 0 Å². The number of halogens is 1. The number of aryl methyl sites for hydroxylation is 1. The Morgan fingerprint density at radius 3 is 2.93 bits per heavy atom. The van der Waals surface area contributed by atoms with Crippen LogP contribution in [0.3, 0.4) is 0 Å². The van der Waals surface area contributed by atoms with E-state index in [1.165, 1.54) is 16.5 Å². The van der Waals surface area contributed by atoms with Gasteiger partial charge in [-0.05, 0) is 40.5 Å². The van der Waals surface area contributed by atoms with Crippen molar-refractivity contribution in [2.45, 2.75) is 13.5 Å². The van der Waals surface area contributed by atoms with Gasteiger partial charge in [0.05, 0.1) is 4.60 Å². The van der Waals surface area contributed by atoms with Gasteiger partial charge >= 0.3 is 0 Å². The van der Waals surface area contributed by atoms with Crippen LogP contribution >= 0.6 is 15.9 Å². The lowest BCUT2D eigenvalue weighted by molar-refractivity contribution is 0.722. The zero-order valence-electron chi connectivity index (χ0n) is 8.13. The molecule has 2 N–H and O–H groups in total. The van der Waals surface area contributed by atoms with Gasteiger partial charge in [-0.15, -0.1) is 0 Å². The van der Waals surface area contributed by atoms with Crippen molar-refractivity contribution in [2.75, 3.05) is 6.54 Å². The van der Waals surface area contributed by atoms with Crippen molar-refractivity contribution >= 4 is 26.8 Å². The second-order valence-corrected chi connectivity index (χ2v) is 4.23. The van der Waals surface area contributed by atoms with Gasteiger partial charge in [0, 0.05) is 24.0 Å². The first kappa shape index (κ1) is 9.74. The van der Waals surface area contributed by atoms with Crippen molar-refractivity contribution in [3.63, 3.8) is 0 Å². The molecule has 0 atom stereocenters.